The summed E-state index contributed by atoms with van der Waals surface area (Å²) in [7, 11) is 0. The minimum atomic E-state index is -0.735. The highest BCUT2D eigenvalue weighted by Crippen LogP contribution is 2.22. The molecule has 0 atom stereocenters. The first-order chi connectivity index (χ1) is 7.79. The van der Waals surface area contributed by atoms with Crippen LogP contribution in [0.5, 0.6) is 0 Å². The summed E-state index contributed by atoms with van der Waals surface area (Å²) in [5, 5.41) is 7.89. The summed E-state index contributed by atoms with van der Waals surface area (Å²) in [5.41, 5.74) is 2.00. The Morgan fingerprint density at radius 2 is 2.31 bits per heavy atom. The van der Waals surface area contributed by atoms with Gasteiger partial charge in [0.2, 0.25) is 5.58 Å². The van der Waals surface area contributed by atoms with E-state index >= 15 is 0 Å². The number of fused-ring (bicyclic) bond motifs is 3. The molecule has 0 spiro atoms. The minimum absolute atomic E-state index is 0.331. The molecule has 3 rings (SSSR count). The van der Waals surface area contributed by atoms with Crippen LogP contribution in [0.2, 0.25) is 0 Å². The number of benzene rings is 1. The van der Waals surface area contributed by atoms with Crippen LogP contribution in [0.3, 0.4) is 0 Å². The van der Waals surface area contributed by atoms with Gasteiger partial charge in [-0.05, 0) is 12.1 Å². The number of hydrogen-bond donors (Lipinski definition) is 0. The third-order valence-electron chi connectivity index (χ3n) is 2.29. The van der Waals surface area contributed by atoms with Crippen molar-refractivity contribution < 1.29 is 8.83 Å². The molecule has 1 aromatic carbocycles. The van der Waals surface area contributed by atoms with Crippen molar-refractivity contribution in [2.24, 2.45) is 0 Å². The Morgan fingerprint density at radius 1 is 1.44 bits per heavy atom. The van der Waals surface area contributed by atoms with E-state index in [0.29, 0.717) is 23.2 Å². The molecule has 0 saturated heterocycles. The van der Waals surface area contributed by atoms with Gasteiger partial charge >= 0.3 is 5.82 Å². The maximum Gasteiger partial charge on any atom is 0.519 e. The van der Waals surface area contributed by atoms with Crippen LogP contribution in [0.4, 0.5) is 0 Å². The average molecular weight is 217 g/mol. The lowest BCUT2D eigenvalue weighted by atomic mass is 10.3. The SMILES string of the molecule is C=CCn1nnc2c3oc(=O)oc3ccc21. The van der Waals surface area contributed by atoms with Crippen LogP contribution in [-0.4, -0.2) is 15.0 Å². The van der Waals surface area contributed by atoms with Crippen LogP contribution < -0.4 is 5.82 Å². The van der Waals surface area contributed by atoms with Crippen molar-refractivity contribution in [2.75, 3.05) is 0 Å². The zero-order valence-corrected chi connectivity index (χ0v) is 8.21. The largest absolute Gasteiger partial charge is 0.519 e. The molecule has 0 unspecified atom stereocenters. The lowest BCUT2D eigenvalue weighted by Crippen LogP contribution is -1.96. The second-order valence-electron chi connectivity index (χ2n) is 3.27. The summed E-state index contributed by atoms with van der Waals surface area (Å²) in [6.07, 6.45) is 1.71. The summed E-state index contributed by atoms with van der Waals surface area (Å²) in [6.45, 7) is 4.17. The van der Waals surface area contributed by atoms with Gasteiger partial charge in [0.25, 0.3) is 0 Å². The molecule has 0 amide bonds. The van der Waals surface area contributed by atoms with E-state index in [-0.39, 0.29) is 0 Å². The molecule has 0 bridgehead atoms. The molecule has 16 heavy (non-hydrogen) atoms. The zero-order chi connectivity index (χ0) is 11.1. The lowest BCUT2D eigenvalue weighted by Gasteiger charge is -1.94. The van der Waals surface area contributed by atoms with Crippen molar-refractivity contribution in [3.63, 3.8) is 0 Å². The van der Waals surface area contributed by atoms with Gasteiger partial charge in [0.15, 0.2) is 11.1 Å². The standard InChI is InChI=1S/C10H7N3O3/c1-2-5-13-6-3-4-7-9(8(6)11-12-13)16-10(14)15-7/h2-4H,1,5H2. The van der Waals surface area contributed by atoms with Crippen molar-refractivity contribution in [3.8, 4) is 0 Å². The molecule has 0 fully saturated rings. The van der Waals surface area contributed by atoms with Gasteiger partial charge in [0, 0.05) is 0 Å². The molecule has 0 radical (unpaired) electrons. The fourth-order valence-electron chi connectivity index (χ4n) is 1.62. The maximum absolute atomic E-state index is 11.0. The van der Waals surface area contributed by atoms with Crippen LogP contribution in [0.1, 0.15) is 0 Å². The fourth-order valence-corrected chi connectivity index (χ4v) is 1.62. The monoisotopic (exact) mass is 217 g/mol. The topological polar surface area (TPSA) is 74.1 Å². The molecule has 0 aliphatic carbocycles. The second kappa shape index (κ2) is 3.06. The van der Waals surface area contributed by atoms with E-state index in [1.54, 1.807) is 22.9 Å². The Hall–Kier alpha value is -2.37. The van der Waals surface area contributed by atoms with Crippen molar-refractivity contribution in [2.45, 2.75) is 6.54 Å². The van der Waals surface area contributed by atoms with Crippen molar-refractivity contribution in [1.82, 2.24) is 15.0 Å². The zero-order valence-electron chi connectivity index (χ0n) is 8.21. The van der Waals surface area contributed by atoms with Crippen LogP contribution >= 0.6 is 0 Å². The molecular weight excluding hydrogens is 210 g/mol. The summed E-state index contributed by atoms with van der Waals surface area (Å²) < 4.78 is 11.4. The molecule has 0 saturated carbocycles. The van der Waals surface area contributed by atoms with E-state index in [9.17, 15) is 4.79 Å². The molecule has 2 aromatic heterocycles. The van der Waals surface area contributed by atoms with E-state index in [1.807, 2.05) is 0 Å². The molecule has 3 aromatic rings. The van der Waals surface area contributed by atoms with Gasteiger partial charge in [0.05, 0.1) is 12.1 Å². The third-order valence-corrected chi connectivity index (χ3v) is 2.29. The predicted molar refractivity (Wildman–Crippen MR) is 56.0 cm³/mol. The van der Waals surface area contributed by atoms with Gasteiger partial charge in [-0.1, -0.05) is 11.3 Å². The molecule has 0 aliphatic rings. The molecule has 6 nitrogen and oxygen atoms in total. The Balaban J connectivity index is 2.43. The Bertz CT molecular complexity index is 735. The van der Waals surface area contributed by atoms with E-state index in [4.69, 9.17) is 8.83 Å². The summed E-state index contributed by atoms with van der Waals surface area (Å²) in [5.74, 6) is -0.735. The van der Waals surface area contributed by atoms with E-state index in [0.717, 1.165) is 5.52 Å². The highest BCUT2D eigenvalue weighted by atomic mass is 16.6. The first-order valence-corrected chi connectivity index (χ1v) is 4.66. The number of aromatic nitrogens is 3. The van der Waals surface area contributed by atoms with Gasteiger partial charge < -0.3 is 8.83 Å². The second-order valence-corrected chi connectivity index (χ2v) is 3.27. The molecule has 80 valence electrons. The first kappa shape index (κ1) is 8.90. The molecule has 6 heteroatoms. The molecule has 0 aliphatic heterocycles. The van der Waals surface area contributed by atoms with Gasteiger partial charge in [-0.25, -0.2) is 9.48 Å². The fraction of sp³-hybridized carbons (Fsp3) is 0.100. The van der Waals surface area contributed by atoms with Gasteiger partial charge in [-0.15, -0.1) is 11.7 Å². The van der Waals surface area contributed by atoms with Gasteiger partial charge in [0.1, 0.15) is 0 Å². The van der Waals surface area contributed by atoms with E-state index in [2.05, 4.69) is 16.9 Å². The Morgan fingerprint density at radius 3 is 3.12 bits per heavy atom. The van der Waals surface area contributed by atoms with Gasteiger partial charge in [-0.2, -0.15) is 0 Å². The quantitative estimate of drug-likeness (QED) is 0.605. The van der Waals surface area contributed by atoms with Crippen LogP contribution in [0.15, 0.2) is 38.4 Å². The van der Waals surface area contributed by atoms with Crippen LogP contribution in [0.25, 0.3) is 22.2 Å². The summed E-state index contributed by atoms with van der Waals surface area (Å²) >= 11 is 0. The lowest BCUT2D eigenvalue weighted by molar-refractivity contribution is 0.410. The number of rotatable bonds is 2. The Labute approximate surface area is 88.8 Å². The van der Waals surface area contributed by atoms with Crippen molar-refractivity contribution in [3.05, 3.63) is 35.4 Å². The number of nitrogens with zero attached hydrogens (tertiary/aromatic N) is 3. The average Bonchev–Trinajstić information content (AvgIpc) is 2.81. The number of allylic oxidation sites excluding steroid dienone is 1. The summed E-state index contributed by atoms with van der Waals surface area (Å²) in [6, 6.07) is 3.44. The maximum atomic E-state index is 11.0. The van der Waals surface area contributed by atoms with Gasteiger partial charge in [-0.3, -0.25) is 0 Å². The molecule has 0 N–H and O–H groups in total. The molecule has 2 heterocycles. The Kier molecular flexibility index (Phi) is 1.70. The van der Waals surface area contributed by atoms with Crippen LogP contribution in [0, 0.1) is 0 Å². The smallest absolute Gasteiger partial charge is 0.391 e. The minimum Gasteiger partial charge on any atom is -0.391 e. The van der Waals surface area contributed by atoms with E-state index in [1.165, 1.54) is 0 Å². The highest BCUT2D eigenvalue weighted by Gasteiger charge is 2.13. The predicted octanol–water partition coefficient (Wildman–Crippen LogP) is 1.32. The van der Waals surface area contributed by atoms with Crippen molar-refractivity contribution >= 4 is 22.2 Å². The number of hydrogen-bond acceptors (Lipinski definition) is 5. The van der Waals surface area contributed by atoms with Crippen LogP contribution in [-0.2, 0) is 6.54 Å². The van der Waals surface area contributed by atoms with Crippen molar-refractivity contribution in [1.29, 1.82) is 0 Å². The first-order valence-electron chi connectivity index (χ1n) is 4.66. The normalized spacial score (nSPS) is 11.2. The third kappa shape index (κ3) is 1.10. The summed E-state index contributed by atoms with van der Waals surface area (Å²) in [4.78, 5) is 11.0. The molecular formula is C10H7N3O3. The highest BCUT2D eigenvalue weighted by molar-refractivity contribution is 5.97. The van der Waals surface area contributed by atoms with E-state index < -0.39 is 5.82 Å².